The van der Waals surface area contributed by atoms with Crippen LogP contribution in [0.15, 0.2) is 46.9 Å². The fourth-order valence-electron chi connectivity index (χ4n) is 3.26. The second-order valence-electron chi connectivity index (χ2n) is 6.59. The SMILES string of the molecule is O=C(Nc1ccc2c(c1)OCCCO2)C1CC(=O)N(c2cccc(Br)c2)C1. The van der Waals surface area contributed by atoms with E-state index >= 15 is 0 Å². The number of carbonyl (C=O) groups is 2. The van der Waals surface area contributed by atoms with E-state index in [0.29, 0.717) is 36.9 Å². The molecule has 1 saturated heterocycles. The van der Waals surface area contributed by atoms with Gasteiger partial charge in [0.25, 0.3) is 0 Å². The largest absolute Gasteiger partial charge is 0.490 e. The van der Waals surface area contributed by atoms with Gasteiger partial charge in [-0.1, -0.05) is 22.0 Å². The number of ether oxygens (including phenoxy) is 2. The summed E-state index contributed by atoms with van der Waals surface area (Å²) >= 11 is 3.41. The molecule has 140 valence electrons. The molecule has 2 aliphatic rings. The van der Waals surface area contributed by atoms with E-state index < -0.39 is 5.92 Å². The van der Waals surface area contributed by atoms with Crippen LogP contribution in [0.5, 0.6) is 11.5 Å². The fraction of sp³-hybridized carbons (Fsp3) is 0.300. The van der Waals surface area contributed by atoms with Gasteiger partial charge in [-0.05, 0) is 30.3 Å². The number of hydrogen-bond acceptors (Lipinski definition) is 4. The Kier molecular flexibility index (Phi) is 5.03. The molecule has 0 saturated carbocycles. The summed E-state index contributed by atoms with van der Waals surface area (Å²) in [5.41, 5.74) is 1.43. The molecule has 0 radical (unpaired) electrons. The van der Waals surface area contributed by atoms with Crippen LogP contribution in [0.4, 0.5) is 11.4 Å². The maximum Gasteiger partial charge on any atom is 0.229 e. The van der Waals surface area contributed by atoms with Crippen molar-refractivity contribution in [2.45, 2.75) is 12.8 Å². The van der Waals surface area contributed by atoms with Gasteiger partial charge in [-0.2, -0.15) is 0 Å². The van der Waals surface area contributed by atoms with Crippen molar-refractivity contribution in [2.75, 3.05) is 30.0 Å². The lowest BCUT2D eigenvalue weighted by atomic mass is 10.1. The van der Waals surface area contributed by atoms with Gasteiger partial charge in [0, 0.05) is 41.3 Å². The molecule has 2 amide bonds. The number of halogens is 1. The zero-order chi connectivity index (χ0) is 18.8. The average Bonchev–Trinajstić information content (AvgIpc) is 2.89. The highest BCUT2D eigenvalue weighted by Crippen LogP contribution is 2.33. The molecule has 0 aromatic heterocycles. The van der Waals surface area contributed by atoms with Crippen molar-refractivity contribution in [3.8, 4) is 11.5 Å². The standard InChI is InChI=1S/C20H19BrN2O4/c21-14-3-1-4-16(10-14)23-12-13(9-19(23)24)20(25)22-15-5-6-17-18(11-15)27-8-2-7-26-17/h1,3-6,10-11,13H,2,7-9,12H2,(H,22,25). The van der Waals surface area contributed by atoms with Crippen LogP contribution in [0.3, 0.4) is 0 Å². The van der Waals surface area contributed by atoms with E-state index in [0.717, 1.165) is 16.6 Å². The summed E-state index contributed by atoms with van der Waals surface area (Å²) < 4.78 is 12.2. The number of carbonyl (C=O) groups excluding carboxylic acids is 2. The lowest BCUT2D eigenvalue weighted by molar-refractivity contribution is -0.122. The first-order chi connectivity index (χ1) is 13.1. The first kappa shape index (κ1) is 17.9. The summed E-state index contributed by atoms with van der Waals surface area (Å²) in [6, 6.07) is 12.9. The molecule has 1 unspecified atom stereocenters. The third-order valence-electron chi connectivity index (χ3n) is 4.63. The van der Waals surface area contributed by atoms with Crippen LogP contribution in [0.2, 0.25) is 0 Å². The molecule has 2 aromatic rings. The first-order valence-electron chi connectivity index (χ1n) is 8.86. The van der Waals surface area contributed by atoms with Crippen LogP contribution in [-0.2, 0) is 9.59 Å². The van der Waals surface area contributed by atoms with Crippen molar-refractivity contribution in [2.24, 2.45) is 5.92 Å². The van der Waals surface area contributed by atoms with E-state index in [4.69, 9.17) is 9.47 Å². The van der Waals surface area contributed by atoms with E-state index in [-0.39, 0.29) is 18.2 Å². The monoisotopic (exact) mass is 430 g/mol. The van der Waals surface area contributed by atoms with Crippen molar-refractivity contribution in [3.05, 3.63) is 46.9 Å². The van der Waals surface area contributed by atoms with Crippen LogP contribution in [0, 0.1) is 5.92 Å². The number of hydrogen-bond donors (Lipinski definition) is 1. The minimum atomic E-state index is -0.396. The smallest absolute Gasteiger partial charge is 0.229 e. The van der Waals surface area contributed by atoms with Gasteiger partial charge in [0.15, 0.2) is 11.5 Å². The number of rotatable bonds is 3. The topological polar surface area (TPSA) is 67.9 Å². The summed E-state index contributed by atoms with van der Waals surface area (Å²) in [5, 5.41) is 2.90. The molecular weight excluding hydrogens is 412 g/mol. The van der Waals surface area contributed by atoms with Crippen molar-refractivity contribution in [1.29, 1.82) is 0 Å². The molecule has 6 nitrogen and oxygen atoms in total. The zero-order valence-corrected chi connectivity index (χ0v) is 16.2. The number of anilines is 2. The van der Waals surface area contributed by atoms with E-state index in [9.17, 15) is 9.59 Å². The quantitative estimate of drug-likeness (QED) is 0.807. The summed E-state index contributed by atoms with van der Waals surface area (Å²) in [6.07, 6.45) is 1.02. The average molecular weight is 431 g/mol. The summed E-state index contributed by atoms with van der Waals surface area (Å²) in [5.74, 6) is 0.695. The van der Waals surface area contributed by atoms with Crippen molar-refractivity contribution >= 4 is 39.1 Å². The van der Waals surface area contributed by atoms with E-state index in [2.05, 4.69) is 21.2 Å². The maximum atomic E-state index is 12.7. The molecule has 0 spiro atoms. The Labute approximate surface area is 165 Å². The van der Waals surface area contributed by atoms with Crippen molar-refractivity contribution in [3.63, 3.8) is 0 Å². The van der Waals surface area contributed by atoms with E-state index in [1.807, 2.05) is 24.3 Å². The predicted octanol–water partition coefficient (Wildman–Crippen LogP) is 3.60. The second-order valence-corrected chi connectivity index (χ2v) is 7.50. The summed E-state index contributed by atoms with van der Waals surface area (Å²) in [6.45, 7) is 1.57. The molecule has 1 atom stereocenters. The second kappa shape index (κ2) is 7.60. The third-order valence-corrected chi connectivity index (χ3v) is 5.12. The van der Waals surface area contributed by atoms with Gasteiger partial charge in [0.05, 0.1) is 19.1 Å². The zero-order valence-electron chi connectivity index (χ0n) is 14.6. The highest BCUT2D eigenvalue weighted by Gasteiger charge is 2.35. The third kappa shape index (κ3) is 3.93. The van der Waals surface area contributed by atoms with Crippen LogP contribution in [0.25, 0.3) is 0 Å². The van der Waals surface area contributed by atoms with Gasteiger partial charge in [0.1, 0.15) is 0 Å². The van der Waals surface area contributed by atoms with Gasteiger partial charge < -0.3 is 19.7 Å². The first-order valence-corrected chi connectivity index (χ1v) is 9.66. The van der Waals surface area contributed by atoms with E-state index in [1.54, 1.807) is 23.1 Å². The molecule has 2 aromatic carbocycles. The van der Waals surface area contributed by atoms with Crippen LogP contribution >= 0.6 is 15.9 Å². The Morgan fingerprint density at radius 2 is 1.93 bits per heavy atom. The Morgan fingerprint density at radius 3 is 2.74 bits per heavy atom. The Balaban J connectivity index is 1.45. The molecule has 4 rings (SSSR count). The maximum absolute atomic E-state index is 12.7. The number of nitrogens with one attached hydrogen (secondary N) is 1. The Hall–Kier alpha value is -2.54. The molecule has 0 bridgehead atoms. The number of amides is 2. The summed E-state index contributed by atoms with van der Waals surface area (Å²) in [7, 11) is 0. The minimum Gasteiger partial charge on any atom is -0.490 e. The van der Waals surface area contributed by atoms with Crippen LogP contribution < -0.4 is 19.7 Å². The van der Waals surface area contributed by atoms with E-state index in [1.165, 1.54) is 0 Å². The number of fused-ring (bicyclic) bond motifs is 1. The lowest BCUT2D eigenvalue weighted by Gasteiger charge is -2.17. The highest BCUT2D eigenvalue weighted by atomic mass is 79.9. The molecule has 1 N–H and O–H groups in total. The number of nitrogens with zero attached hydrogens (tertiary/aromatic N) is 1. The Morgan fingerprint density at radius 1 is 1.11 bits per heavy atom. The van der Waals surface area contributed by atoms with Crippen molar-refractivity contribution < 1.29 is 19.1 Å². The molecule has 27 heavy (non-hydrogen) atoms. The predicted molar refractivity (Wildman–Crippen MR) is 105 cm³/mol. The molecule has 0 aliphatic carbocycles. The van der Waals surface area contributed by atoms with Gasteiger partial charge in [-0.25, -0.2) is 0 Å². The fourth-order valence-corrected chi connectivity index (χ4v) is 3.65. The van der Waals surface area contributed by atoms with Gasteiger partial charge in [-0.3, -0.25) is 9.59 Å². The molecular formula is C20H19BrN2O4. The van der Waals surface area contributed by atoms with Gasteiger partial charge in [0.2, 0.25) is 11.8 Å². The van der Waals surface area contributed by atoms with Crippen LogP contribution in [-0.4, -0.2) is 31.6 Å². The summed E-state index contributed by atoms with van der Waals surface area (Å²) in [4.78, 5) is 26.7. The molecule has 2 aliphatic heterocycles. The normalized spacial score (nSPS) is 18.9. The van der Waals surface area contributed by atoms with Gasteiger partial charge in [-0.15, -0.1) is 0 Å². The molecule has 2 heterocycles. The Bertz CT molecular complexity index is 886. The highest BCUT2D eigenvalue weighted by molar-refractivity contribution is 9.10. The minimum absolute atomic E-state index is 0.0492. The van der Waals surface area contributed by atoms with Crippen molar-refractivity contribution in [1.82, 2.24) is 0 Å². The molecule has 1 fully saturated rings. The van der Waals surface area contributed by atoms with Crippen LogP contribution in [0.1, 0.15) is 12.8 Å². The van der Waals surface area contributed by atoms with Gasteiger partial charge >= 0.3 is 0 Å². The lowest BCUT2D eigenvalue weighted by Crippen LogP contribution is -2.28. The molecule has 7 heteroatoms. The number of benzene rings is 2.